The number of hydrogen-bond donors (Lipinski definition) is 1. The van der Waals surface area contributed by atoms with Crippen molar-refractivity contribution in [2.45, 2.75) is 39.9 Å². The number of nitrogens with zero attached hydrogens (tertiary/aromatic N) is 3. The quantitative estimate of drug-likeness (QED) is 0.570. The summed E-state index contributed by atoms with van der Waals surface area (Å²) in [6, 6.07) is 12.1. The number of carbonyl (C=O) groups is 2. The third kappa shape index (κ3) is 5.41. The zero-order valence-electron chi connectivity index (χ0n) is 17.8. The van der Waals surface area contributed by atoms with E-state index in [0.717, 1.165) is 10.9 Å². The summed E-state index contributed by atoms with van der Waals surface area (Å²) in [4.78, 5) is 27.2. The van der Waals surface area contributed by atoms with Crippen LogP contribution in [-0.4, -0.2) is 39.1 Å². The second kappa shape index (κ2) is 9.92. The van der Waals surface area contributed by atoms with E-state index in [4.69, 9.17) is 11.6 Å². The van der Waals surface area contributed by atoms with Gasteiger partial charge in [0.05, 0.1) is 23.3 Å². The lowest BCUT2D eigenvalue weighted by Crippen LogP contribution is -2.48. The van der Waals surface area contributed by atoms with E-state index in [1.54, 1.807) is 27.9 Å². The molecule has 0 aliphatic carbocycles. The molecular formula is C23H26ClFN4O2. The van der Waals surface area contributed by atoms with E-state index >= 15 is 0 Å². The second-order valence-electron chi connectivity index (χ2n) is 7.86. The lowest BCUT2D eigenvalue weighted by molar-refractivity contribution is -0.139. The monoisotopic (exact) mass is 444 g/mol. The van der Waals surface area contributed by atoms with Crippen molar-refractivity contribution in [2.24, 2.45) is 5.92 Å². The molecule has 8 heteroatoms. The fourth-order valence-electron chi connectivity index (χ4n) is 3.28. The van der Waals surface area contributed by atoms with Crippen LogP contribution in [0.15, 0.2) is 48.7 Å². The summed E-state index contributed by atoms with van der Waals surface area (Å²) >= 11 is 5.79. The summed E-state index contributed by atoms with van der Waals surface area (Å²) in [6.45, 7) is 5.79. The molecule has 2 aromatic carbocycles. The molecule has 0 saturated heterocycles. The minimum Gasteiger partial charge on any atom is -0.350 e. The normalized spacial score (nSPS) is 12.2. The summed E-state index contributed by atoms with van der Waals surface area (Å²) in [7, 11) is 0. The van der Waals surface area contributed by atoms with Gasteiger partial charge >= 0.3 is 0 Å². The van der Waals surface area contributed by atoms with Crippen LogP contribution in [0.5, 0.6) is 0 Å². The molecule has 1 atom stereocenters. The molecule has 0 aliphatic rings. The smallest absolute Gasteiger partial charge is 0.245 e. The van der Waals surface area contributed by atoms with Gasteiger partial charge in [-0.2, -0.15) is 5.10 Å². The van der Waals surface area contributed by atoms with Crippen molar-refractivity contribution in [1.29, 1.82) is 0 Å². The van der Waals surface area contributed by atoms with Crippen LogP contribution in [-0.2, 0) is 22.7 Å². The molecule has 164 valence electrons. The van der Waals surface area contributed by atoms with Crippen molar-refractivity contribution in [1.82, 2.24) is 20.0 Å². The van der Waals surface area contributed by atoms with Crippen molar-refractivity contribution in [3.05, 3.63) is 65.1 Å². The lowest BCUT2D eigenvalue weighted by Gasteiger charge is -2.31. The number of fused-ring (bicyclic) bond motifs is 1. The van der Waals surface area contributed by atoms with Crippen molar-refractivity contribution in [2.75, 3.05) is 6.54 Å². The van der Waals surface area contributed by atoms with Crippen LogP contribution in [0.25, 0.3) is 10.9 Å². The third-order valence-electron chi connectivity index (χ3n) is 5.43. The van der Waals surface area contributed by atoms with E-state index in [-0.39, 0.29) is 48.4 Å². The van der Waals surface area contributed by atoms with Crippen molar-refractivity contribution < 1.29 is 14.0 Å². The van der Waals surface area contributed by atoms with Gasteiger partial charge in [-0.05, 0) is 25.0 Å². The zero-order chi connectivity index (χ0) is 22.5. The average molecular weight is 445 g/mol. The lowest BCUT2D eigenvalue weighted by atomic mass is 10.0. The number of rotatable bonds is 8. The number of hydrogen-bond acceptors (Lipinski definition) is 3. The molecule has 1 unspecified atom stereocenters. The number of nitrogens with one attached hydrogen (secondary N) is 1. The van der Waals surface area contributed by atoms with Crippen LogP contribution in [0.3, 0.4) is 0 Å². The summed E-state index contributed by atoms with van der Waals surface area (Å²) in [5, 5.41) is 7.94. The molecule has 0 saturated carbocycles. The minimum atomic E-state index is -0.557. The molecule has 1 heterocycles. The minimum absolute atomic E-state index is 0.00318. The van der Waals surface area contributed by atoms with Gasteiger partial charge in [-0.15, -0.1) is 0 Å². The number of para-hydroxylation sites is 1. The Bertz CT molecular complexity index is 1080. The number of amides is 2. The van der Waals surface area contributed by atoms with Gasteiger partial charge in [0.15, 0.2) is 0 Å². The topological polar surface area (TPSA) is 67.2 Å². The molecule has 0 bridgehead atoms. The number of carbonyl (C=O) groups excluding carboxylic acids is 2. The maximum Gasteiger partial charge on any atom is 0.245 e. The predicted molar refractivity (Wildman–Crippen MR) is 119 cm³/mol. The van der Waals surface area contributed by atoms with Gasteiger partial charge in [-0.25, -0.2) is 4.39 Å². The molecule has 1 aromatic heterocycles. The summed E-state index contributed by atoms with van der Waals surface area (Å²) in [5.41, 5.74) is 1.15. The Kier molecular flexibility index (Phi) is 7.28. The Labute approximate surface area is 186 Å². The Balaban J connectivity index is 1.70. The second-order valence-corrected chi connectivity index (χ2v) is 8.26. The van der Waals surface area contributed by atoms with Gasteiger partial charge in [0.2, 0.25) is 11.8 Å². The Hall–Kier alpha value is -2.93. The molecule has 31 heavy (non-hydrogen) atoms. The highest BCUT2D eigenvalue weighted by atomic mass is 35.5. The largest absolute Gasteiger partial charge is 0.350 e. The molecule has 0 radical (unpaired) electrons. The van der Waals surface area contributed by atoms with Gasteiger partial charge in [0, 0.05) is 23.5 Å². The van der Waals surface area contributed by atoms with Crippen LogP contribution in [0.4, 0.5) is 4.39 Å². The fraction of sp³-hybridized carbons (Fsp3) is 0.348. The molecular weight excluding hydrogens is 419 g/mol. The van der Waals surface area contributed by atoms with Crippen LogP contribution in [0, 0.1) is 11.7 Å². The summed E-state index contributed by atoms with van der Waals surface area (Å²) in [5.74, 6) is -0.986. The first-order chi connectivity index (χ1) is 14.8. The standard InChI is InChI=1S/C23H26ClFN4O2/c1-15(2)16(3)28(13-21(30)26-11-18-8-6-9-19(24)23(18)25)22(31)14-29-20-10-5-4-7-17(20)12-27-29/h4-10,12,15-16H,11,13-14H2,1-3H3,(H,26,30). The number of benzene rings is 2. The first kappa shape index (κ1) is 22.7. The number of aromatic nitrogens is 2. The Morgan fingerprint density at radius 2 is 1.90 bits per heavy atom. The molecule has 3 aromatic rings. The van der Waals surface area contributed by atoms with Crippen LogP contribution < -0.4 is 5.32 Å². The maximum atomic E-state index is 14.1. The van der Waals surface area contributed by atoms with Gasteiger partial charge in [-0.1, -0.05) is 55.8 Å². The highest BCUT2D eigenvalue weighted by Crippen LogP contribution is 2.18. The molecule has 0 spiro atoms. The van der Waals surface area contributed by atoms with Crippen molar-refractivity contribution in [3.63, 3.8) is 0 Å². The third-order valence-corrected chi connectivity index (χ3v) is 5.73. The van der Waals surface area contributed by atoms with E-state index in [2.05, 4.69) is 10.4 Å². The van der Waals surface area contributed by atoms with Crippen LogP contribution in [0.2, 0.25) is 5.02 Å². The van der Waals surface area contributed by atoms with Gasteiger partial charge in [0.1, 0.15) is 12.4 Å². The van der Waals surface area contributed by atoms with Crippen molar-refractivity contribution >= 4 is 34.3 Å². The van der Waals surface area contributed by atoms with E-state index in [9.17, 15) is 14.0 Å². The van der Waals surface area contributed by atoms with E-state index < -0.39 is 5.82 Å². The van der Waals surface area contributed by atoms with E-state index in [1.807, 2.05) is 45.0 Å². The fourth-order valence-corrected chi connectivity index (χ4v) is 3.47. The van der Waals surface area contributed by atoms with E-state index in [1.165, 1.54) is 6.07 Å². The highest BCUT2D eigenvalue weighted by Gasteiger charge is 2.25. The van der Waals surface area contributed by atoms with Gasteiger partial charge in [0.25, 0.3) is 0 Å². The molecule has 0 aliphatic heterocycles. The number of halogens is 2. The van der Waals surface area contributed by atoms with Gasteiger partial charge in [-0.3, -0.25) is 14.3 Å². The Morgan fingerprint density at radius 1 is 1.16 bits per heavy atom. The molecule has 0 fully saturated rings. The Morgan fingerprint density at radius 3 is 2.65 bits per heavy atom. The molecule has 1 N–H and O–H groups in total. The molecule has 3 rings (SSSR count). The van der Waals surface area contributed by atoms with Crippen molar-refractivity contribution in [3.8, 4) is 0 Å². The van der Waals surface area contributed by atoms with Gasteiger partial charge < -0.3 is 10.2 Å². The average Bonchev–Trinajstić information content (AvgIpc) is 3.15. The van der Waals surface area contributed by atoms with Crippen LogP contribution >= 0.6 is 11.6 Å². The summed E-state index contributed by atoms with van der Waals surface area (Å²) < 4.78 is 15.7. The first-order valence-electron chi connectivity index (χ1n) is 10.2. The maximum absolute atomic E-state index is 14.1. The SMILES string of the molecule is CC(C)C(C)N(CC(=O)NCc1cccc(Cl)c1F)C(=O)Cn1ncc2ccccc21. The molecule has 2 amide bonds. The van der Waals surface area contributed by atoms with Crippen LogP contribution in [0.1, 0.15) is 26.3 Å². The first-order valence-corrected chi connectivity index (χ1v) is 10.5. The predicted octanol–water partition coefficient (Wildman–Crippen LogP) is 4.02. The summed E-state index contributed by atoms with van der Waals surface area (Å²) in [6.07, 6.45) is 1.71. The van der Waals surface area contributed by atoms with E-state index in [0.29, 0.717) is 5.56 Å². The highest BCUT2D eigenvalue weighted by molar-refractivity contribution is 6.30. The zero-order valence-corrected chi connectivity index (χ0v) is 18.6. The molecule has 6 nitrogen and oxygen atoms in total.